The zero-order valence-electron chi connectivity index (χ0n) is 14.3. The first-order valence-corrected chi connectivity index (χ1v) is 8.60. The highest BCUT2D eigenvalue weighted by Gasteiger charge is 2.31. The number of nitro benzene ring substituents is 1. The molecule has 0 saturated carbocycles. The number of hydrogen-bond acceptors (Lipinski definition) is 5. The Morgan fingerprint density at radius 3 is 2.60 bits per heavy atom. The fraction of sp³-hybridized carbons (Fsp3) is 0.500. The summed E-state index contributed by atoms with van der Waals surface area (Å²) in [5, 5.41) is 11.3. The van der Waals surface area contributed by atoms with Gasteiger partial charge in [0.25, 0.3) is 5.69 Å². The van der Waals surface area contributed by atoms with Gasteiger partial charge in [-0.1, -0.05) is 15.9 Å². The molecule has 1 aromatic rings. The van der Waals surface area contributed by atoms with Gasteiger partial charge >= 0.3 is 6.09 Å². The first kappa shape index (κ1) is 19.2. The molecule has 1 aliphatic heterocycles. The molecule has 8 nitrogen and oxygen atoms in total. The number of amides is 2. The SMILES string of the molecule is CC(C)(C)OC(=O)N1CCCN(c2ccc(Br)cc2[N+](=O)[O-])C(=O)C1. The maximum Gasteiger partial charge on any atom is 0.410 e. The van der Waals surface area contributed by atoms with Crippen molar-refractivity contribution in [3.05, 3.63) is 32.8 Å². The Kier molecular flexibility index (Phi) is 5.66. The number of anilines is 1. The number of hydrogen-bond donors (Lipinski definition) is 0. The molecule has 0 aliphatic carbocycles. The molecule has 0 aromatic heterocycles. The Bertz CT molecular complexity index is 702. The Labute approximate surface area is 154 Å². The van der Waals surface area contributed by atoms with Crippen molar-refractivity contribution in [1.29, 1.82) is 0 Å². The summed E-state index contributed by atoms with van der Waals surface area (Å²) in [4.78, 5) is 38.3. The van der Waals surface area contributed by atoms with Gasteiger partial charge in [-0.05, 0) is 39.3 Å². The maximum absolute atomic E-state index is 12.6. The topological polar surface area (TPSA) is 93.0 Å². The van der Waals surface area contributed by atoms with Gasteiger partial charge in [-0.25, -0.2) is 4.79 Å². The minimum atomic E-state index is -0.656. The molecule has 9 heteroatoms. The molecule has 0 spiro atoms. The van der Waals surface area contributed by atoms with Crippen molar-refractivity contribution in [2.45, 2.75) is 32.8 Å². The van der Waals surface area contributed by atoms with Gasteiger partial charge in [0.15, 0.2) is 0 Å². The Balaban J connectivity index is 2.23. The number of nitro groups is 1. The van der Waals surface area contributed by atoms with E-state index in [2.05, 4.69) is 15.9 Å². The lowest BCUT2D eigenvalue weighted by molar-refractivity contribution is -0.384. The van der Waals surface area contributed by atoms with Crippen molar-refractivity contribution in [1.82, 2.24) is 4.90 Å². The monoisotopic (exact) mass is 413 g/mol. The smallest absolute Gasteiger partial charge is 0.410 e. The lowest BCUT2D eigenvalue weighted by Crippen LogP contribution is -2.42. The van der Waals surface area contributed by atoms with Crippen molar-refractivity contribution >= 4 is 39.3 Å². The van der Waals surface area contributed by atoms with Crippen LogP contribution in [0.5, 0.6) is 0 Å². The van der Waals surface area contributed by atoms with Gasteiger partial charge in [0, 0.05) is 23.6 Å². The van der Waals surface area contributed by atoms with Gasteiger partial charge in [-0.15, -0.1) is 0 Å². The van der Waals surface area contributed by atoms with Crippen LogP contribution in [0.3, 0.4) is 0 Å². The summed E-state index contributed by atoms with van der Waals surface area (Å²) in [6.07, 6.45) is -0.0638. The van der Waals surface area contributed by atoms with E-state index in [4.69, 9.17) is 4.74 Å². The van der Waals surface area contributed by atoms with Crippen LogP contribution in [0, 0.1) is 10.1 Å². The molecule has 1 heterocycles. The van der Waals surface area contributed by atoms with E-state index >= 15 is 0 Å². The molecule has 136 valence electrons. The number of rotatable bonds is 2. The summed E-state index contributed by atoms with van der Waals surface area (Å²) in [5.74, 6) is -0.381. The van der Waals surface area contributed by atoms with Gasteiger partial charge in [0.1, 0.15) is 17.8 Å². The lowest BCUT2D eigenvalue weighted by Gasteiger charge is -2.26. The van der Waals surface area contributed by atoms with Crippen LogP contribution < -0.4 is 4.90 Å². The van der Waals surface area contributed by atoms with Crippen LogP contribution in [0.1, 0.15) is 27.2 Å². The van der Waals surface area contributed by atoms with Crippen molar-refractivity contribution in [2.24, 2.45) is 0 Å². The van der Waals surface area contributed by atoms with E-state index in [0.717, 1.165) is 0 Å². The fourth-order valence-electron chi connectivity index (χ4n) is 2.48. The third-order valence-electron chi connectivity index (χ3n) is 3.51. The van der Waals surface area contributed by atoms with E-state index in [-0.39, 0.29) is 23.8 Å². The molecule has 2 rings (SSSR count). The van der Waals surface area contributed by atoms with Crippen LogP contribution in [-0.2, 0) is 9.53 Å². The molecule has 2 amide bonds. The molecule has 1 fully saturated rings. The van der Waals surface area contributed by atoms with Crippen LogP contribution in [0.25, 0.3) is 0 Å². The van der Waals surface area contributed by atoms with Gasteiger partial charge in [-0.2, -0.15) is 0 Å². The first-order valence-electron chi connectivity index (χ1n) is 7.81. The van der Waals surface area contributed by atoms with Crippen molar-refractivity contribution in [2.75, 3.05) is 24.5 Å². The molecule has 0 N–H and O–H groups in total. The highest BCUT2D eigenvalue weighted by Crippen LogP contribution is 2.32. The van der Waals surface area contributed by atoms with Crippen molar-refractivity contribution in [3.8, 4) is 0 Å². The molecule has 0 atom stereocenters. The molecule has 1 aliphatic rings. The molecule has 25 heavy (non-hydrogen) atoms. The minimum Gasteiger partial charge on any atom is -0.444 e. The minimum absolute atomic E-state index is 0.159. The molecule has 1 saturated heterocycles. The second-order valence-corrected chi connectivity index (χ2v) is 7.61. The second-order valence-electron chi connectivity index (χ2n) is 6.69. The highest BCUT2D eigenvalue weighted by atomic mass is 79.9. The summed E-state index contributed by atoms with van der Waals surface area (Å²) in [7, 11) is 0. The van der Waals surface area contributed by atoms with Gasteiger partial charge in [0.05, 0.1) is 4.92 Å². The van der Waals surface area contributed by atoms with Gasteiger partial charge < -0.3 is 9.64 Å². The largest absolute Gasteiger partial charge is 0.444 e. The number of halogens is 1. The zero-order valence-corrected chi connectivity index (χ0v) is 15.9. The number of nitrogens with zero attached hydrogens (tertiary/aromatic N) is 3. The predicted octanol–water partition coefficient (Wildman–Crippen LogP) is 3.33. The van der Waals surface area contributed by atoms with E-state index in [1.54, 1.807) is 26.8 Å². The standard InChI is InChI=1S/C16H20BrN3O5/c1-16(2,3)25-15(22)18-7-4-8-19(14(21)10-18)12-6-5-11(17)9-13(12)20(23)24/h5-6,9H,4,7-8,10H2,1-3H3. The summed E-state index contributed by atoms with van der Waals surface area (Å²) >= 11 is 3.20. The van der Waals surface area contributed by atoms with Crippen LogP contribution in [0.2, 0.25) is 0 Å². The van der Waals surface area contributed by atoms with E-state index in [0.29, 0.717) is 24.0 Å². The van der Waals surface area contributed by atoms with E-state index < -0.39 is 16.6 Å². The summed E-state index contributed by atoms with van der Waals surface area (Å²) in [5.41, 5.74) is -0.589. The van der Waals surface area contributed by atoms with Crippen LogP contribution in [0.15, 0.2) is 22.7 Å². The molecular formula is C16H20BrN3O5. The first-order chi connectivity index (χ1) is 11.6. The number of carbonyl (C=O) groups excluding carboxylic acids is 2. The Morgan fingerprint density at radius 2 is 2.00 bits per heavy atom. The fourth-order valence-corrected chi connectivity index (χ4v) is 2.83. The van der Waals surface area contributed by atoms with Crippen LogP contribution >= 0.6 is 15.9 Å². The third-order valence-corrected chi connectivity index (χ3v) is 4.01. The Hall–Kier alpha value is -2.16. The number of benzene rings is 1. The molecule has 1 aromatic carbocycles. The summed E-state index contributed by atoms with van der Waals surface area (Å²) < 4.78 is 5.86. The molecular weight excluding hydrogens is 394 g/mol. The molecule has 0 unspecified atom stereocenters. The van der Waals surface area contributed by atoms with Crippen molar-refractivity contribution < 1.29 is 19.2 Å². The summed E-state index contributed by atoms with van der Waals surface area (Å²) in [6, 6.07) is 4.54. The lowest BCUT2D eigenvalue weighted by atomic mass is 10.2. The predicted molar refractivity (Wildman–Crippen MR) is 95.6 cm³/mol. The normalized spacial score (nSPS) is 15.8. The van der Waals surface area contributed by atoms with E-state index in [1.165, 1.54) is 21.9 Å². The average molecular weight is 414 g/mol. The maximum atomic E-state index is 12.6. The van der Waals surface area contributed by atoms with Gasteiger partial charge in [-0.3, -0.25) is 19.8 Å². The third kappa shape index (κ3) is 4.91. The summed E-state index contributed by atoms with van der Waals surface area (Å²) in [6.45, 7) is 5.72. The zero-order chi connectivity index (χ0) is 18.8. The molecule has 0 radical (unpaired) electrons. The average Bonchev–Trinajstić information content (AvgIpc) is 2.67. The van der Waals surface area contributed by atoms with Crippen LogP contribution in [0.4, 0.5) is 16.2 Å². The molecule has 0 bridgehead atoms. The van der Waals surface area contributed by atoms with Crippen LogP contribution in [-0.4, -0.2) is 47.1 Å². The van der Waals surface area contributed by atoms with E-state index in [9.17, 15) is 19.7 Å². The quantitative estimate of drug-likeness (QED) is 0.547. The van der Waals surface area contributed by atoms with E-state index in [1.807, 2.05) is 0 Å². The second kappa shape index (κ2) is 7.38. The van der Waals surface area contributed by atoms with Gasteiger partial charge in [0.2, 0.25) is 5.91 Å². The number of ether oxygens (including phenoxy) is 1. The number of carbonyl (C=O) groups is 2. The highest BCUT2D eigenvalue weighted by molar-refractivity contribution is 9.10. The van der Waals surface area contributed by atoms with Crippen molar-refractivity contribution in [3.63, 3.8) is 0 Å². The Morgan fingerprint density at radius 1 is 1.32 bits per heavy atom.